The predicted octanol–water partition coefficient (Wildman–Crippen LogP) is 4.89. The quantitative estimate of drug-likeness (QED) is 0.689. The summed E-state index contributed by atoms with van der Waals surface area (Å²) < 4.78 is 38.4. The minimum absolute atomic E-state index is 0.101. The monoisotopic (exact) mass is 359 g/mol. The van der Waals surface area contributed by atoms with E-state index in [1.54, 1.807) is 0 Å². The molecule has 2 N–H and O–H groups in total. The molecule has 0 saturated carbocycles. The van der Waals surface area contributed by atoms with Crippen molar-refractivity contribution in [1.29, 1.82) is 0 Å². The van der Waals surface area contributed by atoms with Gasteiger partial charge in [-0.3, -0.25) is 0 Å². The van der Waals surface area contributed by atoms with E-state index in [1.807, 2.05) is 0 Å². The fraction of sp³-hybridized carbons (Fsp3) is 0.400. The Morgan fingerprint density at radius 2 is 2.00 bits per heavy atom. The van der Waals surface area contributed by atoms with Crippen molar-refractivity contribution in [3.8, 4) is 0 Å². The number of nitrogens with zero attached hydrogens (tertiary/aromatic N) is 3. The zero-order valence-electron chi connectivity index (χ0n) is 13.0. The van der Waals surface area contributed by atoms with E-state index in [4.69, 9.17) is 11.6 Å². The van der Waals surface area contributed by atoms with Crippen LogP contribution in [0.5, 0.6) is 0 Å². The van der Waals surface area contributed by atoms with Gasteiger partial charge in [0.15, 0.2) is 5.82 Å². The van der Waals surface area contributed by atoms with Crippen LogP contribution < -0.4 is 10.6 Å². The van der Waals surface area contributed by atoms with Crippen LogP contribution in [-0.2, 0) is 6.18 Å². The van der Waals surface area contributed by atoms with Gasteiger partial charge in [-0.2, -0.15) is 23.3 Å². The second kappa shape index (κ2) is 8.14. The number of alkyl halides is 3. The van der Waals surface area contributed by atoms with Gasteiger partial charge in [0.05, 0.1) is 22.5 Å². The van der Waals surface area contributed by atoms with Gasteiger partial charge in [0, 0.05) is 6.54 Å². The predicted molar refractivity (Wildman–Crippen MR) is 87.6 cm³/mol. The first-order valence-corrected chi connectivity index (χ1v) is 7.85. The van der Waals surface area contributed by atoms with E-state index >= 15 is 0 Å². The van der Waals surface area contributed by atoms with Crippen molar-refractivity contribution in [3.63, 3.8) is 0 Å². The summed E-state index contributed by atoms with van der Waals surface area (Å²) in [5, 5.41) is 13.5. The maximum Gasteiger partial charge on any atom is 0.416 e. The first-order chi connectivity index (χ1) is 11.4. The molecular formula is C15H17ClF3N5. The Labute approximate surface area is 142 Å². The Morgan fingerprint density at radius 3 is 2.71 bits per heavy atom. The minimum Gasteiger partial charge on any atom is -0.353 e. The number of nitrogens with one attached hydrogen (secondary N) is 2. The van der Waals surface area contributed by atoms with Crippen LogP contribution in [0.1, 0.15) is 31.7 Å². The second-order valence-corrected chi connectivity index (χ2v) is 5.52. The number of anilines is 3. The zero-order chi connectivity index (χ0) is 17.6. The van der Waals surface area contributed by atoms with E-state index < -0.39 is 11.7 Å². The number of benzene rings is 1. The van der Waals surface area contributed by atoms with Crippen LogP contribution in [0.15, 0.2) is 24.4 Å². The highest BCUT2D eigenvalue weighted by molar-refractivity contribution is 6.33. The molecule has 0 aliphatic carbocycles. The summed E-state index contributed by atoms with van der Waals surface area (Å²) in [6.07, 6.45) is 0.0103. The van der Waals surface area contributed by atoms with Crippen LogP contribution in [0.4, 0.5) is 30.6 Å². The van der Waals surface area contributed by atoms with Crippen molar-refractivity contribution in [1.82, 2.24) is 15.2 Å². The van der Waals surface area contributed by atoms with Crippen LogP contribution in [0, 0.1) is 0 Å². The third kappa shape index (κ3) is 5.23. The number of rotatable bonds is 7. The van der Waals surface area contributed by atoms with Crippen molar-refractivity contribution in [2.24, 2.45) is 0 Å². The van der Waals surface area contributed by atoms with Crippen LogP contribution in [0.25, 0.3) is 0 Å². The highest BCUT2D eigenvalue weighted by Crippen LogP contribution is 2.34. The maximum atomic E-state index is 12.8. The van der Waals surface area contributed by atoms with Gasteiger partial charge in [-0.05, 0) is 24.6 Å². The van der Waals surface area contributed by atoms with Crippen molar-refractivity contribution >= 4 is 29.1 Å². The Hall–Kier alpha value is -2.09. The van der Waals surface area contributed by atoms with Crippen LogP contribution in [0.3, 0.4) is 0 Å². The SMILES string of the molecule is CCCCCNc1nncc(Nc2cc(C(F)(F)F)ccc2Cl)n1. The molecule has 1 aromatic heterocycles. The number of hydrogen-bond acceptors (Lipinski definition) is 5. The fourth-order valence-electron chi connectivity index (χ4n) is 1.95. The average Bonchev–Trinajstić information content (AvgIpc) is 2.53. The fourth-order valence-corrected chi connectivity index (χ4v) is 2.11. The van der Waals surface area contributed by atoms with E-state index in [9.17, 15) is 13.2 Å². The zero-order valence-corrected chi connectivity index (χ0v) is 13.7. The normalized spacial score (nSPS) is 11.4. The van der Waals surface area contributed by atoms with Gasteiger partial charge in [-0.1, -0.05) is 31.4 Å². The van der Waals surface area contributed by atoms with Gasteiger partial charge in [-0.25, -0.2) is 0 Å². The topological polar surface area (TPSA) is 62.7 Å². The van der Waals surface area contributed by atoms with Crippen LogP contribution in [0.2, 0.25) is 5.02 Å². The molecule has 0 fully saturated rings. The van der Waals surface area contributed by atoms with Crippen molar-refractivity contribution in [3.05, 3.63) is 35.0 Å². The van der Waals surface area contributed by atoms with E-state index in [-0.39, 0.29) is 16.5 Å². The van der Waals surface area contributed by atoms with Crippen molar-refractivity contribution in [2.45, 2.75) is 32.4 Å². The molecule has 9 heteroatoms. The molecular weight excluding hydrogens is 343 g/mol. The molecule has 0 bridgehead atoms. The molecule has 130 valence electrons. The number of aromatic nitrogens is 3. The van der Waals surface area contributed by atoms with Crippen molar-refractivity contribution in [2.75, 3.05) is 17.2 Å². The largest absolute Gasteiger partial charge is 0.416 e. The van der Waals surface area contributed by atoms with Gasteiger partial charge in [0.25, 0.3) is 0 Å². The molecule has 5 nitrogen and oxygen atoms in total. The highest BCUT2D eigenvalue weighted by atomic mass is 35.5. The van der Waals surface area contributed by atoms with Gasteiger partial charge in [0.2, 0.25) is 5.95 Å². The standard InChI is InChI=1S/C15H17ClF3N5/c1-2-3-4-7-20-14-23-13(9-21-24-14)22-12-8-10(15(17,18)19)5-6-11(12)16/h5-6,8-9H,2-4,7H2,1H3,(H2,20,22,23,24). The summed E-state index contributed by atoms with van der Waals surface area (Å²) in [4.78, 5) is 4.16. The molecule has 1 heterocycles. The van der Waals surface area contributed by atoms with Gasteiger partial charge in [-0.15, -0.1) is 5.10 Å². The second-order valence-electron chi connectivity index (χ2n) is 5.12. The Balaban J connectivity index is 2.11. The summed E-state index contributed by atoms with van der Waals surface area (Å²) in [6.45, 7) is 2.80. The molecule has 0 radical (unpaired) electrons. The maximum absolute atomic E-state index is 12.8. The van der Waals surface area contributed by atoms with E-state index in [0.29, 0.717) is 12.5 Å². The summed E-state index contributed by atoms with van der Waals surface area (Å²) in [5.41, 5.74) is -0.696. The highest BCUT2D eigenvalue weighted by Gasteiger charge is 2.31. The summed E-state index contributed by atoms with van der Waals surface area (Å²) in [6, 6.07) is 3.04. The number of hydrogen-bond donors (Lipinski definition) is 2. The van der Waals surface area contributed by atoms with Crippen molar-refractivity contribution < 1.29 is 13.2 Å². The Kier molecular flexibility index (Phi) is 6.19. The molecule has 1 aromatic carbocycles. The molecule has 0 saturated heterocycles. The van der Waals surface area contributed by atoms with E-state index in [1.165, 1.54) is 12.3 Å². The molecule has 2 aromatic rings. The minimum atomic E-state index is -4.45. The first kappa shape index (κ1) is 18.3. The lowest BCUT2D eigenvalue weighted by atomic mass is 10.2. The third-order valence-electron chi connectivity index (χ3n) is 3.18. The van der Waals surface area contributed by atoms with Gasteiger partial charge in [0.1, 0.15) is 0 Å². The lowest BCUT2D eigenvalue weighted by Gasteiger charge is -2.12. The molecule has 0 unspecified atom stereocenters. The van der Waals surface area contributed by atoms with E-state index in [0.717, 1.165) is 31.4 Å². The molecule has 0 aliphatic rings. The molecule has 0 spiro atoms. The molecule has 0 atom stereocenters. The Bertz CT molecular complexity index is 678. The number of halogens is 4. The molecule has 24 heavy (non-hydrogen) atoms. The Morgan fingerprint density at radius 1 is 1.21 bits per heavy atom. The summed E-state index contributed by atoms with van der Waals surface area (Å²) in [5.74, 6) is 0.559. The van der Waals surface area contributed by atoms with Crippen LogP contribution >= 0.6 is 11.6 Å². The van der Waals surface area contributed by atoms with Crippen LogP contribution in [-0.4, -0.2) is 21.7 Å². The van der Waals surface area contributed by atoms with E-state index in [2.05, 4.69) is 32.7 Å². The molecule has 0 aliphatic heterocycles. The third-order valence-corrected chi connectivity index (χ3v) is 3.51. The van der Waals surface area contributed by atoms with Gasteiger partial charge >= 0.3 is 6.18 Å². The lowest BCUT2D eigenvalue weighted by Crippen LogP contribution is -2.08. The molecule has 0 amide bonds. The first-order valence-electron chi connectivity index (χ1n) is 7.47. The molecule has 2 rings (SSSR count). The summed E-state index contributed by atoms with van der Waals surface area (Å²) in [7, 11) is 0. The smallest absolute Gasteiger partial charge is 0.353 e. The lowest BCUT2D eigenvalue weighted by molar-refractivity contribution is -0.137. The average molecular weight is 360 g/mol. The van der Waals surface area contributed by atoms with Gasteiger partial charge < -0.3 is 10.6 Å². The summed E-state index contributed by atoms with van der Waals surface area (Å²) >= 11 is 5.95. The number of unbranched alkanes of at least 4 members (excludes halogenated alkanes) is 2.